The summed E-state index contributed by atoms with van der Waals surface area (Å²) < 4.78 is 23.0. The fourth-order valence-corrected chi connectivity index (χ4v) is 4.24. The van der Waals surface area contributed by atoms with E-state index in [4.69, 9.17) is 11.6 Å². The van der Waals surface area contributed by atoms with Gasteiger partial charge in [-0.25, -0.2) is 13.3 Å². The van der Waals surface area contributed by atoms with Gasteiger partial charge in [-0.2, -0.15) is 0 Å². The van der Waals surface area contributed by atoms with E-state index in [1.165, 1.54) is 6.20 Å². The van der Waals surface area contributed by atoms with Crippen LogP contribution in [0.25, 0.3) is 10.6 Å². The molecule has 0 amide bonds. The number of para-hydroxylation sites is 1. The highest BCUT2D eigenvalue weighted by atomic mass is 35.5. The van der Waals surface area contributed by atoms with Gasteiger partial charge in [-0.3, -0.25) is 9.54 Å². The van der Waals surface area contributed by atoms with Crippen molar-refractivity contribution < 1.29 is 18.7 Å². The minimum Gasteiger partial charge on any atom is -0.477 e. The van der Waals surface area contributed by atoms with Crippen LogP contribution in [0.5, 0.6) is 0 Å². The van der Waals surface area contributed by atoms with Crippen molar-refractivity contribution in [3.05, 3.63) is 64.1 Å². The summed E-state index contributed by atoms with van der Waals surface area (Å²) in [5.41, 5.74) is 1.85. The van der Waals surface area contributed by atoms with Crippen LogP contribution in [0.2, 0.25) is 5.02 Å². The number of carbonyl (C=O) groups is 1. The largest absolute Gasteiger partial charge is 0.477 e. The number of nitrogens with zero attached hydrogens (tertiary/aromatic N) is 2. The Morgan fingerprint density at radius 3 is 2.54 bits per heavy atom. The zero-order valence-corrected chi connectivity index (χ0v) is 15.8. The molecule has 3 rings (SSSR count). The van der Waals surface area contributed by atoms with Gasteiger partial charge >= 0.3 is 5.97 Å². The van der Waals surface area contributed by atoms with E-state index in [0.29, 0.717) is 21.3 Å². The maximum Gasteiger partial charge on any atom is 0.348 e. The number of carboxylic acid groups (broad SMARTS) is 1. The van der Waals surface area contributed by atoms with Crippen molar-refractivity contribution in [2.75, 3.05) is 4.31 Å². The Morgan fingerprint density at radius 1 is 1.23 bits per heavy atom. The van der Waals surface area contributed by atoms with Crippen molar-refractivity contribution in [1.29, 1.82) is 0 Å². The summed E-state index contributed by atoms with van der Waals surface area (Å²) in [6, 6.07) is 11.8. The summed E-state index contributed by atoms with van der Waals surface area (Å²) in [4.78, 5) is 16.4. The number of halogens is 1. The van der Waals surface area contributed by atoms with E-state index in [-0.39, 0.29) is 10.6 Å². The van der Waals surface area contributed by atoms with E-state index in [0.717, 1.165) is 21.2 Å². The topological polar surface area (TPSA) is 90.7 Å². The summed E-state index contributed by atoms with van der Waals surface area (Å²) in [6.45, 7) is 1.78. The highest BCUT2D eigenvalue weighted by Gasteiger charge is 2.26. The molecule has 0 saturated carbocycles. The average molecular weight is 409 g/mol. The number of benzene rings is 1. The predicted octanol–water partition coefficient (Wildman–Crippen LogP) is 4.74. The molecule has 134 valence electrons. The van der Waals surface area contributed by atoms with Gasteiger partial charge in [0, 0.05) is 6.20 Å². The number of hydrogen-bond acceptors (Lipinski definition) is 4. The van der Waals surface area contributed by atoms with Gasteiger partial charge in [0.2, 0.25) is 0 Å². The molecule has 3 aromatic rings. The van der Waals surface area contributed by atoms with Gasteiger partial charge < -0.3 is 5.11 Å². The quantitative estimate of drug-likeness (QED) is 0.595. The monoisotopic (exact) mass is 408 g/mol. The normalized spacial score (nSPS) is 12.0. The Kier molecular flexibility index (Phi) is 5.38. The Hall–Kier alpha value is -2.26. The van der Waals surface area contributed by atoms with Crippen LogP contribution in [0.1, 0.15) is 15.2 Å². The second-order valence-electron chi connectivity index (χ2n) is 5.30. The molecule has 9 heteroatoms. The lowest BCUT2D eigenvalue weighted by Gasteiger charge is -2.21. The molecule has 2 N–H and O–H groups in total. The number of rotatable bonds is 5. The van der Waals surface area contributed by atoms with Crippen molar-refractivity contribution in [3.63, 3.8) is 0 Å². The third kappa shape index (κ3) is 3.63. The molecule has 1 aromatic carbocycles. The van der Waals surface area contributed by atoms with E-state index in [9.17, 15) is 18.7 Å². The molecule has 0 fully saturated rings. The maximum atomic E-state index is 12.0. The predicted molar refractivity (Wildman–Crippen MR) is 104 cm³/mol. The summed E-state index contributed by atoms with van der Waals surface area (Å²) in [7, 11) is 0. The number of hydrogen-bond donors (Lipinski definition) is 2. The Bertz CT molecular complexity index is 989. The second kappa shape index (κ2) is 7.55. The summed E-state index contributed by atoms with van der Waals surface area (Å²) >= 11 is 4.37. The van der Waals surface area contributed by atoms with Crippen molar-refractivity contribution in [1.82, 2.24) is 4.98 Å². The number of aromatic nitrogens is 1. The number of carboxylic acids is 1. The third-order valence-electron chi connectivity index (χ3n) is 3.60. The number of pyridine rings is 1. The van der Waals surface area contributed by atoms with Crippen molar-refractivity contribution in [2.45, 2.75) is 6.92 Å². The number of aromatic carboxylic acids is 1. The molecule has 1 unspecified atom stereocenters. The van der Waals surface area contributed by atoms with Crippen LogP contribution in [-0.2, 0) is 11.3 Å². The SMILES string of the molecule is Cc1ccccc1N(c1cc(-c2ccc(Cl)cn2)sc1C(=O)O)S(=O)O. The molecule has 2 heterocycles. The molecular weight excluding hydrogens is 396 g/mol. The molecule has 0 spiro atoms. The van der Waals surface area contributed by atoms with Gasteiger partial charge in [0.05, 0.1) is 27.0 Å². The third-order valence-corrected chi connectivity index (χ3v) is 5.66. The zero-order chi connectivity index (χ0) is 18.8. The number of aryl methyl sites for hydroxylation is 1. The van der Waals surface area contributed by atoms with Crippen LogP contribution in [-0.4, -0.2) is 24.8 Å². The van der Waals surface area contributed by atoms with Crippen LogP contribution in [0.4, 0.5) is 11.4 Å². The van der Waals surface area contributed by atoms with E-state index in [1.54, 1.807) is 49.4 Å². The van der Waals surface area contributed by atoms with Crippen molar-refractivity contribution in [2.24, 2.45) is 0 Å². The Labute approximate surface area is 161 Å². The summed E-state index contributed by atoms with van der Waals surface area (Å²) in [6.07, 6.45) is 1.46. The minimum atomic E-state index is -2.45. The van der Waals surface area contributed by atoms with Gasteiger partial charge in [0.1, 0.15) is 4.88 Å². The lowest BCUT2D eigenvalue weighted by Crippen LogP contribution is -2.21. The van der Waals surface area contributed by atoms with Crippen LogP contribution >= 0.6 is 22.9 Å². The van der Waals surface area contributed by atoms with E-state index >= 15 is 0 Å². The standard InChI is InChI=1S/C17H13ClN2O4S2/c1-10-4-2-3-5-13(10)20(26(23)24)14-8-15(25-16(14)17(21)22)12-7-6-11(18)9-19-12/h2-9H,1H3,(H,21,22)(H,23,24). The van der Waals surface area contributed by atoms with Gasteiger partial charge in [-0.05, 0) is 36.8 Å². The zero-order valence-electron chi connectivity index (χ0n) is 13.4. The molecule has 0 bridgehead atoms. The van der Waals surface area contributed by atoms with Crippen LogP contribution < -0.4 is 4.31 Å². The first-order valence-corrected chi connectivity index (χ1v) is 9.60. The van der Waals surface area contributed by atoms with Crippen LogP contribution in [0.3, 0.4) is 0 Å². The number of anilines is 2. The van der Waals surface area contributed by atoms with E-state index in [1.807, 2.05) is 0 Å². The molecule has 0 aliphatic carbocycles. The first-order valence-electron chi connectivity index (χ1n) is 7.34. The lowest BCUT2D eigenvalue weighted by atomic mass is 10.2. The number of thiophene rings is 1. The molecule has 6 nitrogen and oxygen atoms in total. The fourth-order valence-electron chi connectivity index (χ4n) is 2.42. The van der Waals surface area contributed by atoms with Crippen LogP contribution in [0.15, 0.2) is 48.7 Å². The molecule has 0 aliphatic heterocycles. The highest BCUT2D eigenvalue weighted by molar-refractivity contribution is 7.81. The van der Waals surface area contributed by atoms with Crippen molar-refractivity contribution in [3.8, 4) is 10.6 Å². The molecular formula is C17H13ClN2O4S2. The smallest absolute Gasteiger partial charge is 0.348 e. The first-order chi connectivity index (χ1) is 12.4. The van der Waals surface area contributed by atoms with Crippen LogP contribution in [0, 0.1) is 6.92 Å². The van der Waals surface area contributed by atoms with Gasteiger partial charge in [-0.1, -0.05) is 29.8 Å². The average Bonchev–Trinajstić information content (AvgIpc) is 3.02. The van der Waals surface area contributed by atoms with Crippen molar-refractivity contribution >= 4 is 51.5 Å². The maximum absolute atomic E-state index is 12.0. The Balaban J connectivity index is 2.18. The molecule has 0 aliphatic rings. The van der Waals surface area contributed by atoms with Gasteiger partial charge in [-0.15, -0.1) is 11.3 Å². The summed E-state index contributed by atoms with van der Waals surface area (Å²) in [5, 5.41) is 10.0. The first kappa shape index (κ1) is 18.5. The molecule has 0 radical (unpaired) electrons. The molecule has 0 saturated heterocycles. The van der Waals surface area contributed by atoms with Gasteiger partial charge in [0.25, 0.3) is 11.3 Å². The molecule has 1 atom stereocenters. The molecule has 26 heavy (non-hydrogen) atoms. The van der Waals surface area contributed by atoms with E-state index in [2.05, 4.69) is 4.98 Å². The second-order valence-corrected chi connectivity index (χ2v) is 7.62. The fraction of sp³-hybridized carbons (Fsp3) is 0.0588. The minimum absolute atomic E-state index is 0.0533. The Morgan fingerprint density at radius 2 is 1.96 bits per heavy atom. The van der Waals surface area contributed by atoms with Gasteiger partial charge in [0.15, 0.2) is 0 Å². The molecule has 2 aromatic heterocycles. The highest BCUT2D eigenvalue weighted by Crippen LogP contribution is 2.40. The summed E-state index contributed by atoms with van der Waals surface area (Å²) in [5.74, 6) is -1.19. The lowest BCUT2D eigenvalue weighted by molar-refractivity contribution is 0.0703. The van der Waals surface area contributed by atoms with E-state index < -0.39 is 17.2 Å².